The average molecular weight is 473 g/mol. The van der Waals surface area contributed by atoms with Crippen LogP contribution in [0, 0.1) is 5.82 Å². The van der Waals surface area contributed by atoms with Gasteiger partial charge in [0.25, 0.3) is 10.0 Å². The summed E-state index contributed by atoms with van der Waals surface area (Å²) in [4.78, 5) is 6.00. The van der Waals surface area contributed by atoms with Crippen molar-refractivity contribution in [2.75, 3.05) is 23.1 Å². The highest BCUT2D eigenvalue weighted by molar-refractivity contribution is 7.92. The second-order valence-electron chi connectivity index (χ2n) is 8.47. The number of thiazole rings is 1. The first-order chi connectivity index (χ1) is 15.5. The molecule has 0 amide bonds. The standard InChI is InChI=1S/C23H25FN4O2S2/c24-20-11-21(26-18-8-9-28(13-18)12-16-4-2-1-3-5-16)19(17-6-7-17)10-22(20)32(29,30)27-23-14-31-15-25-23/h1-5,10-11,14-15,17-18,26-27H,6-9,12-13H2. The van der Waals surface area contributed by atoms with Gasteiger partial charge >= 0.3 is 0 Å². The molecule has 9 heteroatoms. The Morgan fingerprint density at radius 2 is 1.97 bits per heavy atom. The quantitative estimate of drug-likeness (QED) is 0.499. The molecule has 1 atom stereocenters. The third-order valence-corrected chi connectivity index (χ3v) is 7.92. The molecule has 2 N–H and O–H groups in total. The van der Waals surface area contributed by atoms with Crippen LogP contribution in [-0.4, -0.2) is 37.4 Å². The minimum Gasteiger partial charge on any atom is -0.381 e. The number of rotatable bonds is 8. The van der Waals surface area contributed by atoms with E-state index in [-0.39, 0.29) is 22.7 Å². The maximum atomic E-state index is 15.0. The summed E-state index contributed by atoms with van der Waals surface area (Å²) in [6, 6.07) is 13.4. The van der Waals surface area contributed by atoms with Crippen LogP contribution in [0.25, 0.3) is 0 Å². The molecule has 168 valence electrons. The molecule has 1 saturated carbocycles. The van der Waals surface area contributed by atoms with Crippen LogP contribution in [-0.2, 0) is 16.6 Å². The van der Waals surface area contributed by atoms with Gasteiger partial charge in [-0.3, -0.25) is 9.62 Å². The second-order valence-corrected chi connectivity index (χ2v) is 10.8. The van der Waals surface area contributed by atoms with Gasteiger partial charge in [0.1, 0.15) is 10.7 Å². The number of nitrogens with one attached hydrogen (secondary N) is 2. The number of nitrogens with zero attached hydrogens (tertiary/aromatic N) is 2. The fraction of sp³-hybridized carbons (Fsp3) is 0.348. The Morgan fingerprint density at radius 3 is 2.69 bits per heavy atom. The van der Waals surface area contributed by atoms with Crippen LogP contribution in [0.1, 0.15) is 36.3 Å². The molecule has 0 bridgehead atoms. The van der Waals surface area contributed by atoms with Crippen molar-refractivity contribution in [1.29, 1.82) is 0 Å². The third kappa shape index (κ3) is 4.79. The SMILES string of the molecule is O=S(=O)(Nc1cscn1)c1cc(C2CC2)c(NC2CCN(Cc3ccccc3)C2)cc1F. The number of hydrogen-bond donors (Lipinski definition) is 2. The fourth-order valence-electron chi connectivity index (χ4n) is 4.24. The lowest BCUT2D eigenvalue weighted by Crippen LogP contribution is -2.26. The van der Waals surface area contributed by atoms with Crippen LogP contribution in [0.15, 0.2) is 58.3 Å². The van der Waals surface area contributed by atoms with Gasteiger partial charge in [-0.05, 0) is 48.4 Å². The molecule has 0 spiro atoms. The van der Waals surface area contributed by atoms with Crippen LogP contribution < -0.4 is 10.0 Å². The van der Waals surface area contributed by atoms with Crippen molar-refractivity contribution in [3.05, 3.63) is 70.3 Å². The van der Waals surface area contributed by atoms with E-state index in [0.29, 0.717) is 5.69 Å². The summed E-state index contributed by atoms with van der Waals surface area (Å²) in [7, 11) is -4.05. The molecular formula is C23H25FN4O2S2. The van der Waals surface area contributed by atoms with Crippen LogP contribution >= 0.6 is 11.3 Å². The molecule has 32 heavy (non-hydrogen) atoms. The minimum atomic E-state index is -4.05. The molecule has 3 aromatic rings. The van der Waals surface area contributed by atoms with Gasteiger partial charge in [-0.25, -0.2) is 17.8 Å². The van der Waals surface area contributed by atoms with E-state index >= 15 is 0 Å². The second kappa shape index (κ2) is 8.80. The molecule has 2 fully saturated rings. The normalized spacial score (nSPS) is 19.2. The number of benzene rings is 2. The molecular weight excluding hydrogens is 447 g/mol. The molecule has 1 aliphatic carbocycles. The molecule has 1 aromatic heterocycles. The number of likely N-dealkylation sites (tertiary alicyclic amines) is 1. The highest BCUT2D eigenvalue weighted by atomic mass is 32.2. The van der Waals surface area contributed by atoms with Gasteiger partial charge in [0.15, 0.2) is 5.82 Å². The minimum absolute atomic E-state index is 0.200. The van der Waals surface area contributed by atoms with E-state index in [1.807, 2.05) is 18.2 Å². The number of halogens is 1. The van der Waals surface area contributed by atoms with Gasteiger partial charge in [0.05, 0.1) is 5.51 Å². The summed E-state index contributed by atoms with van der Waals surface area (Å²) >= 11 is 1.27. The highest BCUT2D eigenvalue weighted by Crippen LogP contribution is 2.45. The molecule has 1 unspecified atom stereocenters. The number of anilines is 2. The predicted octanol–water partition coefficient (Wildman–Crippen LogP) is 4.65. The maximum Gasteiger partial charge on any atom is 0.266 e. The Kier molecular flexibility index (Phi) is 5.88. The summed E-state index contributed by atoms with van der Waals surface area (Å²) in [6.45, 7) is 2.73. The van der Waals surface area contributed by atoms with Gasteiger partial charge < -0.3 is 5.32 Å². The molecule has 2 aliphatic rings. The van der Waals surface area contributed by atoms with E-state index in [1.165, 1.54) is 34.5 Å². The van der Waals surface area contributed by atoms with E-state index in [1.54, 1.807) is 5.38 Å². The first kappa shape index (κ1) is 21.4. The van der Waals surface area contributed by atoms with Crippen molar-refractivity contribution in [3.8, 4) is 0 Å². The monoisotopic (exact) mass is 472 g/mol. The molecule has 1 saturated heterocycles. The molecule has 5 rings (SSSR count). The van der Waals surface area contributed by atoms with Gasteiger partial charge in [-0.15, -0.1) is 11.3 Å². The van der Waals surface area contributed by atoms with Crippen LogP contribution in [0.4, 0.5) is 15.9 Å². The van der Waals surface area contributed by atoms with Crippen LogP contribution in [0.2, 0.25) is 0 Å². The van der Waals surface area contributed by atoms with E-state index in [0.717, 1.165) is 44.5 Å². The Labute approximate surface area is 191 Å². The van der Waals surface area contributed by atoms with Gasteiger partial charge in [0.2, 0.25) is 0 Å². The highest BCUT2D eigenvalue weighted by Gasteiger charge is 2.32. The van der Waals surface area contributed by atoms with Crippen LogP contribution in [0.5, 0.6) is 0 Å². The Balaban J connectivity index is 1.33. The fourth-order valence-corrected chi connectivity index (χ4v) is 5.90. The number of sulfonamides is 1. The van der Waals surface area contributed by atoms with Crippen LogP contribution in [0.3, 0.4) is 0 Å². The molecule has 1 aliphatic heterocycles. The molecule has 2 heterocycles. The third-order valence-electron chi connectivity index (χ3n) is 5.96. The predicted molar refractivity (Wildman–Crippen MR) is 125 cm³/mol. The van der Waals surface area contributed by atoms with E-state index in [9.17, 15) is 12.8 Å². The number of hydrogen-bond acceptors (Lipinski definition) is 6. The molecule has 0 radical (unpaired) electrons. The van der Waals surface area contributed by atoms with E-state index < -0.39 is 15.8 Å². The Hall–Kier alpha value is -2.49. The largest absolute Gasteiger partial charge is 0.381 e. The zero-order valence-corrected chi connectivity index (χ0v) is 19.1. The Morgan fingerprint density at radius 1 is 1.16 bits per heavy atom. The van der Waals surface area contributed by atoms with Crippen molar-refractivity contribution in [3.63, 3.8) is 0 Å². The van der Waals surface area contributed by atoms with Gasteiger partial charge in [-0.1, -0.05) is 30.3 Å². The Bertz CT molecular complexity index is 1180. The lowest BCUT2D eigenvalue weighted by molar-refractivity contribution is 0.328. The summed E-state index contributed by atoms with van der Waals surface area (Å²) in [5.41, 5.74) is 4.40. The lowest BCUT2D eigenvalue weighted by Gasteiger charge is -2.20. The zero-order chi connectivity index (χ0) is 22.1. The first-order valence-corrected chi connectivity index (χ1v) is 13.2. The van der Waals surface area contributed by atoms with Crippen molar-refractivity contribution in [1.82, 2.24) is 9.88 Å². The summed E-state index contributed by atoms with van der Waals surface area (Å²) in [6.07, 6.45) is 2.94. The van der Waals surface area contributed by atoms with Crippen molar-refractivity contribution in [2.24, 2.45) is 0 Å². The van der Waals surface area contributed by atoms with E-state index in [4.69, 9.17) is 0 Å². The van der Waals surface area contributed by atoms with Crippen molar-refractivity contribution < 1.29 is 12.8 Å². The van der Waals surface area contributed by atoms with Gasteiger partial charge in [-0.2, -0.15) is 0 Å². The maximum absolute atomic E-state index is 15.0. The summed E-state index contributed by atoms with van der Waals surface area (Å²) < 4.78 is 42.9. The van der Waals surface area contributed by atoms with Gasteiger partial charge in [0, 0.05) is 36.7 Å². The smallest absolute Gasteiger partial charge is 0.266 e. The molecule has 2 aromatic carbocycles. The lowest BCUT2D eigenvalue weighted by atomic mass is 10.1. The van der Waals surface area contributed by atoms with Crippen molar-refractivity contribution >= 4 is 32.9 Å². The first-order valence-electron chi connectivity index (χ1n) is 10.8. The summed E-state index contributed by atoms with van der Waals surface area (Å²) in [5, 5.41) is 5.08. The average Bonchev–Trinajstić information content (AvgIpc) is 3.31. The zero-order valence-electron chi connectivity index (χ0n) is 17.5. The van der Waals surface area contributed by atoms with Crippen molar-refractivity contribution in [2.45, 2.75) is 42.7 Å². The number of aromatic nitrogens is 1. The van der Waals surface area contributed by atoms with E-state index in [2.05, 4.69) is 32.1 Å². The topological polar surface area (TPSA) is 74.3 Å². The summed E-state index contributed by atoms with van der Waals surface area (Å²) in [5.74, 6) is -0.277. The molecule has 6 nitrogen and oxygen atoms in total.